The Morgan fingerprint density at radius 1 is 0.939 bits per heavy atom. The topological polar surface area (TPSA) is 69.7 Å². The quantitative estimate of drug-likeness (QED) is 0.535. The number of carbonyl (C=O) groups excluding carboxylic acids is 3. The average Bonchev–Trinajstić information content (AvgIpc) is 3.09. The van der Waals surface area contributed by atoms with Crippen LogP contribution in [0.1, 0.15) is 12.0 Å². The van der Waals surface area contributed by atoms with Crippen LogP contribution in [0.2, 0.25) is 5.02 Å². The Morgan fingerprint density at radius 3 is 2.12 bits per heavy atom. The molecule has 168 valence electrons. The molecule has 9 heteroatoms. The minimum Gasteiger partial charge on any atom is -0.308 e. The first-order valence-electron chi connectivity index (χ1n) is 10.0. The molecule has 0 saturated carbocycles. The number of carbonyl (C=O) groups is 3. The molecule has 1 heterocycles. The van der Waals surface area contributed by atoms with Gasteiger partial charge in [0, 0.05) is 17.3 Å². The van der Waals surface area contributed by atoms with Gasteiger partial charge in [-0.15, -0.1) is 0 Å². The van der Waals surface area contributed by atoms with Crippen molar-refractivity contribution in [1.29, 1.82) is 0 Å². The Bertz CT molecular complexity index is 1190. The van der Waals surface area contributed by atoms with E-state index in [4.69, 9.17) is 11.6 Å². The zero-order valence-corrected chi connectivity index (χ0v) is 17.9. The van der Waals surface area contributed by atoms with Gasteiger partial charge in [-0.05, 0) is 66.2 Å². The third-order valence-electron chi connectivity index (χ3n) is 5.21. The second-order valence-electron chi connectivity index (χ2n) is 7.46. The number of benzene rings is 3. The van der Waals surface area contributed by atoms with Crippen LogP contribution in [0.25, 0.3) is 0 Å². The van der Waals surface area contributed by atoms with Crippen LogP contribution in [0, 0.1) is 11.6 Å². The number of urea groups is 1. The summed E-state index contributed by atoms with van der Waals surface area (Å²) in [4.78, 5) is 41.3. The molecule has 0 radical (unpaired) electrons. The average molecular weight is 470 g/mol. The van der Waals surface area contributed by atoms with E-state index in [9.17, 15) is 23.2 Å². The fourth-order valence-electron chi connectivity index (χ4n) is 3.56. The van der Waals surface area contributed by atoms with E-state index in [0.717, 1.165) is 4.90 Å². The fourth-order valence-corrected chi connectivity index (χ4v) is 3.69. The maximum atomic E-state index is 13.3. The van der Waals surface area contributed by atoms with E-state index in [1.54, 1.807) is 24.3 Å². The standard InChI is InChI=1S/C24H18ClF2N3O3/c25-16-3-11-20(12-4-16)30-22(31)13-21(23(30)32)29(14-15-1-5-17(26)6-2-15)24(33)28-19-9-7-18(27)8-10-19/h1-12,21H,13-14H2,(H,28,33)/t21-/m0/s1. The largest absolute Gasteiger partial charge is 0.322 e. The molecule has 1 atom stereocenters. The number of hydrogen-bond acceptors (Lipinski definition) is 3. The zero-order valence-electron chi connectivity index (χ0n) is 17.2. The number of imide groups is 1. The summed E-state index contributed by atoms with van der Waals surface area (Å²) in [5.74, 6) is -1.95. The molecule has 33 heavy (non-hydrogen) atoms. The number of rotatable bonds is 5. The molecule has 0 spiro atoms. The van der Waals surface area contributed by atoms with Crippen molar-refractivity contribution in [3.05, 3.63) is 95.0 Å². The van der Waals surface area contributed by atoms with E-state index in [0.29, 0.717) is 22.0 Å². The first-order chi connectivity index (χ1) is 15.8. The third kappa shape index (κ3) is 5.01. The summed E-state index contributed by atoms with van der Waals surface area (Å²) in [5, 5.41) is 3.07. The summed E-state index contributed by atoms with van der Waals surface area (Å²) in [6.45, 7) is -0.0501. The highest BCUT2D eigenvalue weighted by Crippen LogP contribution is 2.28. The lowest BCUT2D eigenvalue weighted by molar-refractivity contribution is -0.122. The molecule has 4 rings (SSSR count). The Kier molecular flexibility index (Phi) is 6.37. The number of halogens is 3. The number of hydrogen-bond donors (Lipinski definition) is 1. The first-order valence-corrected chi connectivity index (χ1v) is 10.4. The van der Waals surface area contributed by atoms with E-state index in [1.807, 2.05) is 0 Å². The lowest BCUT2D eigenvalue weighted by Gasteiger charge is -2.28. The summed E-state index contributed by atoms with van der Waals surface area (Å²) >= 11 is 5.90. The van der Waals surface area contributed by atoms with Gasteiger partial charge in [-0.3, -0.25) is 9.59 Å². The zero-order chi connectivity index (χ0) is 23.5. The highest BCUT2D eigenvalue weighted by molar-refractivity contribution is 6.31. The molecule has 0 unspecified atom stereocenters. The van der Waals surface area contributed by atoms with Crippen LogP contribution in [0.3, 0.4) is 0 Å². The summed E-state index contributed by atoms with van der Waals surface area (Å²) in [5.41, 5.74) is 1.23. The Balaban J connectivity index is 1.62. The molecule has 0 aliphatic carbocycles. The van der Waals surface area contributed by atoms with Gasteiger partial charge in [-0.25, -0.2) is 18.5 Å². The van der Waals surface area contributed by atoms with Gasteiger partial charge in [-0.1, -0.05) is 23.7 Å². The van der Waals surface area contributed by atoms with Crippen LogP contribution in [-0.4, -0.2) is 28.8 Å². The second-order valence-corrected chi connectivity index (χ2v) is 7.89. The van der Waals surface area contributed by atoms with Gasteiger partial charge in [0.15, 0.2) is 0 Å². The van der Waals surface area contributed by atoms with Crippen molar-refractivity contribution < 1.29 is 23.2 Å². The van der Waals surface area contributed by atoms with Gasteiger partial charge < -0.3 is 10.2 Å². The molecule has 1 aliphatic heterocycles. The van der Waals surface area contributed by atoms with Crippen molar-refractivity contribution in [3.8, 4) is 0 Å². The summed E-state index contributed by atoms with van der Waals surface area (Å²) in [6.07, 6.45) is -0.223. The van der Waals surface area contributed by atoms with Crippen molar-refractivity contribution in [2.75, 3.05) is 10.2 Å². The predicted octanol–water partition coefficient (Wildman–Crippen LogP) is 4.98. The van der Waals surface area contributed by atoms with E-state index in [-0.39, 0.29) is 13.0 Å². The van der Waals surface area contributed by atoms with Crippen LogP contribution < -0.4 is 10.2 Å². The number of anilines is 2. The molecule has 0 aromatic heterocycles. The van der Waals surface area contributed by atoms with Crippen LogP contribution in [0.5, 0.6) is 0 Å². The summed E-state index contributed by atoms with van der Waals surface area (Å²) < 4.78 is 26.6. The van der Waals surface area contributed by atoms with Gasteiger partial charge in [-0.2, -0.15) is 0 Å². The summed E-state index contributed by atoms with van der Waals surface area (Å²) in [6, 6.07) is 15.1. The Labute approximate surface area is 193 Å². The van der Waals surface area contributed by atoms with E-state index >= 15 is 0 Å². The molecule has 1 aliphatic rings. The predicted molar refractivity (Wildman–Crippen MR) is 120 cm³/mol. The Morgan fingerprint density at radius 2 is 1.52 bits per heavy atom. The molecule has 3 aromatic carbocycles. The van der Waals surface area contributed by atoms with E-state index in [2.05, 4.69) is 5.32 Å². The molecule has 1 fully saturated rings. The maximum Gasteiger partial charge on any atom is 0.322 e. The highest BCUT2D eigenvalue weighted by atomic mass is 35.5. The van der Waals surface area contributed by atoms with Gasteiger partial charge in [0.1, 0.15) is 17.7 Å². The number of nitrogens with zero attached hydrogens (tertiary/aromatic N) is 2. The molecular formula is C24H18ClF2N3O3. The minimum absolute atomic E-state index is 0.0501. The van der Waals surface area contributed by atoms with Crippen molar-refractivity contribution >= 4 is 40.8 Å². The molecule has 1 N–H and O–H groups in total. The van der Waals surface area contributed by atoms with E-state index in [1.165, 1.54) is 53.4 Å². The second kappa shape index (κ2) is 9.38. The van der Waals surface area contributed by atoms with Crippen LogP contribution in [0.15, 0.2) is 72.8 Å². The lowest BCUT2D eigenvalue weighted by Crippen LogP contribution is -2.46. The highest BCUT2D eigenvalue weighted by Gasteiger charge is 2.44. The number of amides is 4. The molecule has 6 nitrogen and oxygen atoms in total. The van der Waals surface area contributed by atoms with E-state index < -0.39 is 35.5 Å². The molecule has 0 bridgehead atoms. The van der Waals surface area contributed by atoms with Crippen molar-refractivity contribution in [3.63, 3.8) is 0 Å². The van der Waals surface area contributed by atoms with Gasteiger partial charge in [0.25, 0.3) is 5.91 Å². The van der Waals surface area contributed by atoms with Gasteiger partial charge in [0.2, 0.25) is 5.91 Å². The molecule has 1 saturated heterocycles. The summed E-state index contributed by atoms with van der Waals surface area (Å²) in [7, 11) is 0. The number of nitrogens with one attached hydrogen (secondary N) is 1. The van der Waals surface area contributed by atoms with Crippen LogP contribution >= 0.6 is 11.6 Å². The minimum atomic E-state index is -1.08. The maximum absolute atomic E-state index is 13.3. The van der Waals surface area contributed by atoms with Crippen molar-refractivity contribution in [1.82, 2.24) is 4.90 Å². The van der Waals surface area contributed by atoms with Crippen molar-refractivity contribution in [2.45, 2.75) is 19.0 Å². The fraction of sp³-hybridized carbons (Fsp3) is 0.125. The first kappa shape index (κ1) is 22.4. The third-order valence-corrected chi connectivity index (χ3v) is 5.46. The van der Waals surface area contributed by atoms with Crippen LogP contribution in [-0.2, 0) is 16.1 Å². The molecule has 4 amide bonds. The molecule has 3 aromatic rings. The normalized spacial score (nSPS) is 15.6. The SMILES string of the molecule is O=C1C[C@H](N(Cc2ccc(F)cc2)C(=O)Nc2ccc(F)cc2)C(=O)N1c1ccc(Cl)cc1. The van der Waals surface area contributed by atoms with Gasteiger partial charge in [0.05, 0.1) is 12.1 Å². The lowest BCUT2D eigenvalue weighted by atomic mass is 10.1. The van der Waals surface area contributed by atoms with Gasteiger partial charge >= 0.3 is 6.03 Å². The smallest absolute Gasteiger partial charge is 0.308 e. The Hall–Kier alpha value is -3.78. The van der Waals surface area contributed by atoms with Crippen LogP contribution in [0.4, 0.5) is 25.0 Å². The van der Waals surface area contributed by atoms with Crippen molar-refractivity contribution in [2.24, 2.45) is 0 Å². The molecular weight excluding hydrogens is 452 g/mol. The monoisotopic (exact) mass is 469 g/mol.